The van der Waals surface area contributed by atoms with Crippen molar-refractivity contribution in [2.24, 2.45) is 17.2 Å². The van der Waals surface area contributed by atoms with Crippen molar-refractivity contribution in [3.05, 3.63) is 0 Å². The number of carbonyl (C=O) groups excluding carboxylic acids is 3. The van der Waals surface area contributed by atoms with Crippen molar-refractivity contribution in [3.8, 4) is 0 Å². The maximum Gasteiger partial charge on any atom is 0.188 e. The topological polar surface area (TPSA) is 190 Å². The van der Waals surface area contributed by atoms with Gasteiger partial charge in [-0.05, 0) is 0 Å². The Morgan fingerprint density at radius 2 is 0.947 bits per heavy atom. The molecule has 0 aromatic rings. The van der Waals surface area contributed by atoms with Gasteiger partial charge in [-0.15, -0.1) is 0 Å². The van der Waals surface area contributed by atoms with Crippen molar-refractivity contribution >= 4 is 24.5 Å². The summed E-state index contributed by atoms with van der Waals surface area (Å²) in [4.78, 5) is 35.5. The number of aliphatic hydroxyl groups excluding tert-OH is 3. The molecule has 0 heterocycles. The molecule has 0 bridgehead atoms. The summed E-state index contributed by atoms with van der Waals surface area (Å²) in [6, 6.07) is -4.26. The molecular formula is C9H18N3O6P. The Kier molecular flexibility index (Phi) is 8.03. The number of rotatable bonds is 9. The van der Waals surface area contributed by atoms with Crippen LogP contribution in [0.1, 0.15) is 0 Å². The number of hydrogen-bond acceptors (Lipinski definition) is 9. The van der Waals surface area contributed by atoms with Crippen molar-refractivity contribution in [2.75, 3.05) is 19.8 Å². The van der Waals surface area contributed by atoms with Gasteiger partial charge in [-0.3, -0.25) is 14.4 Å². The molecule has 0 radical (unpaired) electrons. The third kappa shape index (κ3) is 4.66. The highest BCUT2D eigenvalue weighted by atomic mass is 31.1. The molecule has 9 nitrogen and oxygen atoms in total. The Bertz CT molecular complexity index is 301. The molecule has 10 heteroatoms. The lowest BCUT2D eigenvalue weighted by molar-refractivity contribution is -0.118. The summed E-state index contributed by atoms with van der Waals surface area (Å²) in [5.74, 6) is 0. The van der Waals surface area contributed by atoms with E-state index in [2.05, 4.69) is 0 Å². The molecule has 0 saturated heterocycles. The van der Waals surface area contributed by atoms with Crippen molar-refractivity contribution in [3.63, 3.8) is 0 Å². The van der Waals surface area contributed by atoms with Crippen LogP contribution < -0.4 is 17.2 Å². The lowest BCUT2D eigenvalue weighted by Crippen LogP contribution is -2.44. The van der Waals surface area contributed by atoms with Crippen molar-refractivity contribution in [1.29, 1.82) is 0 Å². The molecule has 0 aliphatic carbocycles. The lowest BCUT2D eigenvalue weighted by atomic mass is 10.4. The average molecular weight is 295 g/mol. The quantitative estimate of drug-likeness (QED) is 0.230. The Hall–Kier alpha value is -0.800. The van der Waals surface area contributed by atoms with Gasteiger partial charge in [0.2, 0.25) is 0 Å². The fraction of sp³-hybridized carbons (Fsp3) is 0.667. The second-order valence-electron chi connectivity index (χ2n) is 3.72. The van der Waals surface area contributed by atoms with Gasteiger partial charge in [0.25, 0.3) is 0 Å². The minimum atomic E-state index is -2.65. The van der Waals surface area contributed by atoms with Crippen LogP contribution in [0.15, 0.2) is 0 Å². The largest absolute Gasteiger partial charge is 0.394 e. The third-order valence-corrected chi connectivity index (χ3v) is 4.52. The molecule has 0 aromatic carbocycles. The summed E-state index contributed by atoms with van der Waals surface area (Å²) in [7, 11) is -2.65. The molecular weight excluding hydrogens is 277 g/mol. The highest BCUT2D eigenvalue weighted by Gasteiger charge is 2.40. The molecule has 0 aliphatic rings. The first-order valence-electron chi connectivity index (χ1n) is 5.32. The van der Waals surface area contributed by atoms with Gasteiger partial charge in [-0.2, -0.15) is 0 Å². The van der Waals surface area contributed by atoms with E-state index in [-0.39, 0.29) is 0 Å². The van der Waals surface area contributed by atoms with Crippen LogP contribution in [0.2, 0.25) is 0 Å². The van der Waals surface area contributed by atoms with Crippen molar-refractivity contribution in [1.82, 2.24) is 0 Å². The molecule has 9 N–H and O–H groups in total. The zero-order chi connectivity index (χ0) is 15.2. The van der Waals surface area contributed by atoms with Crippen molar-refractivity contribution < 1.29 is 29.7 Å². The minimum Gasteiger partial charge on any atom is -0.394 e. The first-order chi connectivity index (χ1) is 8.81. The molecule has 110 valence electrons. The van der Waals surface area contributed by atoms with Crippen LogP contribution in [0.25, 0.3) is 0 Å². The smallest absolute Gasteiger partial charge is 0.188 e. The van der Waals surface area contributed by atoms with E-state index < -0.39 is 62.4 Å². The first kappa shape index (κ1) is 18.2. The standard InChI is InChI=1S/C9H18N3O6P/c10-4(1-13)7(16)19(8(17)5(11)2-14)9(18)6(12)3-15/h4-6,13-15H,1-3,10-12H2/t4-,5-,6-/m0/s1. The van der Waals surface area contributed by atoms with Gasteiger partial charge in [0.1, 0.15) is 7.92 Å². The molecule has 0 aliphatic heterocycles. The molecule has 0 spiro atoms. The van der Waals surface area contributed by atoms with Gasteiger partial charge in [0, 0.05) is 0 Å². The van der Waals surface area contributed by atoms with Crippen LogP contribution in [-0.2, 0) is 14.4 Å². The Morgan fingerprint density at radius 1 is 0.737 bits per heavy atom. The van der Waals surface area contributed by atoms with E-state index in [0.717, 1.165) is 0 Å². The van der Waals surface area contributed by atoms with Crippen LogP contribution in [0.4, 0.5) is 0 Å². The van der Waals surface area contributed by atoms with Crippen LogP contribution in [0.5, 0.6) is 0 Å². The van der Waals surface area contributed by atoms with Crippen LogP contribution >= 0.6 is 7.92 Å². The van der Waals surface area contributed by atoms with Crippen LogP contribution in [-0.4, -0.2) is 69.8 Å². The highest BCUT2D eigenvalue weighted by Crippen LogP contribution is 2.41. The second-order valence-corrected chi connectivity index (χ2v) is 5.71. The molecule has 0 fully saturated rings. The maximum absolute atomic E-state index is 11.8. The zero-order valence-electron chi connectivity index (χ0n) is 10.1. The summed E-state index contributed by atoms with van der Waals surface area (Å²) in [6.07, 6.45) is 0. The zero-order valence-corrected chi connectivity index (χ0v) is 11.0. The van der Waals surface area contributed by atoms with Gasteiger partial charge in [0.05, 0.1) is 37.9 Å². The minimum absolute atomic E-state index is 0.749. The van der Waals surface area contributed by atoms with Crippen LogP contribution in [0, 0.1) is 0 Å². The third-order valence-electron chi connectivity index (χ3n) is 2.20. The number of carbonyl (C=O) groups is 3. The van der Waals surface area contributed by atoms with E-state index in [1.54, 1.807) is 0 Å². The van der Waals surface area contributed by atoms with Gasteiger partial charge in [0.15, 0.2) is 16.6 Å². The molecule has 0 amide bonds. The monoisotopic (exact) mass is 295 g/mol. The van der Waals surface area contributed by atoms with Gasteiger partial charge >= 0.3 is 0 Å². The predicted molar refractivity (Wildman–Crippen MR) is 67.1 cm³/mol. The fourth-order valence-corrected chi connectivity index (χ4v) is 2.95. The second kappa shape index (κ2) is 8.39. The summed E-state index contributed by atoms with van der Waals surface area (Å²) in [5.41, 5.74) is 12.9. The normalized spacial score (nSPS) is 15.9. The SMILES string of the molecule is N[C@@H](CO)C(=O)P(C(=O)[C@@H](N)CO)C(=O)[C@@H](N)CO. The Balaban J connectivity index is 5.31. The van der Waals surface area contributed by atoms with E-state index in [4.69, 9.17) is 32.5 Å². The summed E-state index contributed by atoms with van der Waals surface area (Å²) in [5, 5.41) is 26.4. The summed E-state index contributed by atoms with van der Waals surface area (Å²) in [6.45, 7) is -2.25. The number of aliphatic hydroxyl groups is 3. The highest BCUT2D eigenvalue weighted by molar-refractivity contribution is 8.02. The van der Waals surface area contributed by atoms with Crippen molar-refractivity contribution in [2.45, 2.75) is 18.1 Å². The van der Waals surface area contributed by atoms with E-state index >= 15 is 0 Å². The number of hydrogen-bond donors (Lipinski definition) is 6. The lowest BCUT2D eigenvalue weighted by Gasteiger charge is -2.21. The summed E-state index contributed by atoms with van der Waals surface area (Å²) < 4.78 is 0. The maximum atomic E-state index is 11.8. The first-order valence-corrected chi connectivity index (χ1v) is 6.66. The molecule has 0 saturated carbocycles. The molecule has 0 aromatic heterocycles. The molecule has 0 unspecified atom stereocenters. The fourth-order valence-electron chi connectivity index (χ4n) is 1.06. The predicted octanol–water partition coefficient (Wildman–Crippen LogP) is -3.99. The van der Waals surface area contributed by atoms with E-state index in [9.17, 15) is 14.4 Å². The summed E-state index contributed by atoms with van der Waals surface area (Å²) >= 11 is 0. The average Bonchev–Trinajstić information content (AvgIpc) is 2.43. The van der Waals surface area contributed by atoms with Gasteiger partial charge in [-0.25, -0.2) is 0 Å². The van der Waals surface area contributed by atoms with E-state index in [1.165, 1.54) is 0 Å². The Labute approximate surface area is 110 Å². The number of nitrogens with two attached hydrogens (primary N) is 3. The van der Waals surface area contributed by atoms with E-state index in [1.807, 2.05) is 0 Å². The van der Waals surface area contributed by atoms with Crippen LogP contribution in [0.3, 0.4) is 0 Å². The molecule has 0 rings (SSSR count). The van der Waals surface area contributed by atoms with Gasteiger partial charge in [-0.1, -0.05) is 0 Å². The van der Waals surface area contributed by atoms with E-state index in [0.29, 0.717) is 0 Å². The molecule has 19 heavy (non-hydrogen) atoms. The molecule has 3 atom stereocenters. The Morgan fingerprint density at radius 3 is 1.11 bits per heavy atom. The van der Waals surface area contributed by atoms with Gasteiger partial charge < -0.3 is 32.5 Å².